The SMILES string of the molecule is Cc1cc(NC(=O)CN(C)C(=O)c2ccc(NC(=O)c3ccco3)cc2)no1. The Morgan fingerprint density at radius 1 is 1.11 bits per heavy atom. The number of aromatic nitrogens is 1. The Morgan fingerprint density at radius 2 is 1.86 bits per heavy atom. The molecule has 1 aromatic carbocycles. The molecule has 0 aliphatic rings. The number of anilines is 2. The van der Waals surface area contributed by atoms with Crippen molar-refractivity contribution in [1.29, 1.82) is 0 Å². The van der Waals surface area contributed by atoms with Gasteiger partial charge in [-0.1, -0.05) is 5.16 Å². The number of furan rings is 1. The summed E-state index contributed by atoms with van der Waals surface area (Å²) < 4.78 is 9.89. The number of benzene rings is 1. The molecular weight excluding hydrogens is 364 g/mol. The third-order valence-electron chi connectivity index (χ3n) is 3.76. The molecule has 0 aliphatic carbocycles. The summed E-state index contributed by atoms with van der Waals surface area (Å²) >= 11 is 0. The summed E-state index contributed by atoms with van der Waals surface area (Å²) in [6.45, 7) is 1.56. The maximum absolute atomic E-state index is 12.5. The summed E-state index contributed by atoms with van der Waals surface area (Å²) in [5.74, 6) is -0.0741. The second-order valence-electron chi connectivity index (χ2n) is 6.04. The van der Waals surface area contributed by atoms with Crippen molar-refractivity contribution in [2.24, 2.45) is 0 Å². The number of hydrogen-bond donors (Lipinski definition) is 2. The van der Waals surface area contributed by atoms with Gasteiger partial charge in [0.2, 0.25) is 5.91 Å². The molecule has 0 saturated heterocycles. The van der Waals surface area contributed by atoms with Crippen LogP contribution < -0.4 is 10.6 Å². The molecule has 0 bridgehead atoms. The summed E-state index contributed by atoms with van der Waals surface area (Å²) in [5.41, 5.74) is 0.892. The predicted octanol–water partition coefficient (Wildman–Crippen LogP) is 2.54. The topological polar surface area (TPSA) is 118 Å². The molecule has 0 unspecified atom stereocenters. The molecule has 0 atom stereocenters. The zero-order valence-electron chi connectivity index (χ0n) is 15.3. The van der Waals surface area contributed by atoms with Crippen molar-refractivity contribution in [1.82, 2.24) is 10.1 Å². The van der Waals surface area contributed by atoms with E-state index in [2.05, 4.69) is 15.8 Å². The van der Waals surface area contributed by atoms with Crippen LogP contribution in [0.5, 0.6) is 0 Å². The number of rotatable bonds is 6. The van der Waals surface area contributed by atoms with Crippen LogP contribution >= 0.6 is 0 Å². The Bertz CT molecular complexity index is 976. The fourth-order valence-electron chi connectivity index (χ4n) is 2.41. The van der Waals surface area contributed by atoms with Gasteiger partial charge in [-0.3, -0.25) is 14.4 Å². The molecule has 0 aliphatic heterocycles. The first kappa shape index (κ1) is 18.9. The van der Waals surface area contributed by atoms with Crippen molar-refractivity contribution in [3.8, 4) is 0 Å². The number of nitrogens with one attached hydrogen (secondary N) is 2. The van der Waals surface area contributed by atoms with E-state index in [-0.39, 0.29) is 24.1 Å². The molecule has 9 nitrogen and oxygen atoms in total. The molecule has 144 valence electrons. The van der Waals surface area contributed by atoms with E-state index < -0.39 is 5.91 Å². The Kier molecular flexibility index (Phi) is 5.54. The molecule has 0 saturated carbocycles. The number of aryl methyl sites for hydroxylation is 1. The number of amides is 3. The zero-order chi connectivity index (χ0) is 20.1. The summed E-state index contributed by atoms with van der Waals surface area (Å²) in [6.07, 6.45) is 1.41. The Morgan fingerprint density at radius 3 is 2.46 bits per heavy atom. The molecule has 2 aromatic heterocycles. The van der Waals surface area contributed by atoms with E-state index in [1.807, 2.05) is 0 Å². The molecule has 3 amide bonds. The highest BCUT2D eigenvalue weighted by Gasteiger charge is 2.16. The quantitative estimate of drug-likeness (QED) is 0.676. The van der Waals surface area contributed by atoms with Gasteiger partial charge in [-0.2, -0.15) is 0 Å². The van der Waals surface area contributed by atoms with Crippen LogP contribution in [-0.4, -0.2) is 41.4 Å². The van der Waals surface area contributed by atoms with Crippen LogP contribution in [-0.2, 0) is 4.79 Å². The van der Waals surface area contributed by atoms with E-state index in [1.54, 1.807) is 49.4 Å². The largest absolute Gasteiger partial charge is 0.459 e. The summed E-state index contributed by atoms with van der Waals surface area (Å²) in [7, 11) is 1.52. The van der Waals surface area contributed by atoms with Crippen LogP contribution in [0.2, 0.25) is 0 Å². The van der Waals surface area contributed by atoms with Gasteiger partial charge in [0, 0.05) is 24.4 Å². The third kappa shape index (κ3) is 4.64. The number of hydrogen-bond acceptors (Lipinski definition) is 6. The number of nitrogens with zero attached hydrogens (tertiary/aromatic N) is 2. The van der Waals surface area contributed by atoms with E-state index >= 15 is 0 Å². The van der Waals surface area contributed by atoms with Gasteiger partial charge in [0.05, 0.1) is 12.8 Å². The zero-order valence-corrected chi connectivity index (χ0v) is 15.3. The molecule has 28 heavy (non-hydrogen) atoms. The van der Waals surface area contributed by atoms with E-state index in [0.29, 0.717) is 22.8 Å². The van der Waals surface area contributed by atoms with Crippen molar-refractivity contribution >= 4 is 29.2 Å². The molecule has 3 rings (SSSR count). The summed E-state index contributed by atoms with van der Waals surface area (Å²) in [6, 6.07) is 11.1. The third-order valence-corrected chi connectivity index (χ3v) is 3.76. The molecule has 0 radical (unpaired) electrons. The Hall–Kier alpha value is -3.88. The van der Waals surface area contributed by atoms with Gasteiger partial charge in [-0.25, -0.2) is 0 Å². The molecule has 0 spiro atoms. The van der Waals surface area contributed by atoms with Gasteiger partial charge < -0.3 is 24.5 Å². The fraction of sp³-hybridized carbons (Fsp3) is 0.158. The highest BCUT2D eigenvalue weighted by atomic mass is 16.5. The minimum Gasteiger partial charge on any atom is -0.459 e. The first-order chi connectivity index (χ1) is 13.4. The lowest BCUT2D eigenvalue weighted by Crippen LogP contribution is -2.35. The van der Waals surface area contributed by atoms with E-state index in [4.69, 9.17) is 8.94 Å². The van der Waals surface area contributed by atoms with Gasteiger partial charge in [0.25, 0.3) is 11.8 Å². The molecule has 2 heterocycles. The molecular formula is C19H18N4O5. The van der Waals surface area contributed by atoms with Gasteiger partial charge >= 0.3 is 0 Å². The number of carbonyl (C=O) groups is 3. The number of likely N-dealkylation sites (N-methyl/N-ethyl adjacent to an activating group) is 1. The lowest BCUT2D eigenvalue weighted by Gasteiger charge is -2.16. The molecule has 3 aromatic rings. The van der Waals surface area contributed by atoms with E-state index in [1.165, 1.54) is 18.2 Å². The normalized spacial score (nSPS) is 10.4. The predicted molar refractivity (Wildman–Crippen MR) is 99.9 cm³/mol. The average molecular weight is 382 g/mol. The first-order valence-corrected chi connectivity index (χ1v) is 8.36. The molecule has 0 fully saturated rings. The Labute approximate surface area is 160 Å². The maximum Gasteiger partial charge on any atom is 0.291 e. The van der Waals surface area contributed by atoms with Gasteiger partial charge in [-0.15, -0.1) is 0 Å². The van der Waals surface area contributed by atoms with Crippen LogP contribution in [0.15, 0.2) is 57.7 Å². The first-order valence-electron chi connectivity index (χ1n) is 8.36. The maximum atomic E-state index is 12.5. The van der Waals surface area contributed by atoms with Crippen LogP contribution in [0, 0.1) is 6.92 Å². The minimum atomic E-state index is -0.397. The van der Waals surface area contributed by atoms with Crippen molar-refractivity contribution in [2.75, 3.05) is 24.2 Å². The van der Waals surface area contributed by atoms with Gasteiger partial charge in [0.15, 0.2) is 11.6 Å². The van der Waals surface area contributed by atoms with Crippen molar-refractivity contribution < 1.29 is 23.3 Å². The van der Waals surface area contributed by atoms with Gasteiger partial charge in [0.1, 0.15) is 5.76 Å². The lowest BCUT2D eigenvalue weighted by molar-refractivity contribution is -0.116. The van der Waals surface area contributed by atoms with Gasteiger partial charge in [-0.05, 0) is 43.3 Å². The smallest absolute Gasteiger partial charge is 0.291 e. The van der Waals surface area contributed by atoms with Crippen molar-refractivity contribution in [3.05, 3.63) is 65.8 Å². The monoisotopic (exact) mass is 382 g/mol. The van der Waals surface area contributed by atoms with E-state index in [9.17, 15) is 14.4 Å². The molecule has 2 N–H and O–H groups in total. The van der Waals surface area contributed by atoms with Crippen LogP contribution in [0.3, 0.4) is 0 Å². The minimum absolute atomic E-state index is 0.151. The summed E-state index contributed by atoms with van der Waals surface area (Å²) in [5, 5.41) is 8.88. The van der Waals surface area contributed by atoms with Crippen LogP contribution in [0.25, 0.3) is 0 Å². The lowest BCUT2D eigenvalue weighted by atomic mass is 10.2. The highest BCUT2D eigenvalue weighted by Crippen LogP contribution is 2.13. The average Bonchev–Trinajstić information content (AvgIpc) is 3.33. The van der Waals surface area contributed by atoms with Crippen molar-refractivity contribution in [2.45, 2.75) is 6.92 Å². The second-order valence-corrected chi connectivity index (χ2v) is 6.04. The van der Waals surface area contributed by atoms with E-state index in [0.717, 1.165) is 0 Å². The van der Waals surface area contributed by atoms with Crippen molar-refractivity contribution in [3.63, 3.8) is 0 Å². The summed E-state index contributed by atoms with van der Waals surface area (Å²) in [4.78, 5) is 37.7. The fourth-order valence-corrected chi connectivity index (χ4v) is 2.41. The molecule has 9 heteroatoms. The van der Waals surface area contributed by atoms with Crippen LogP contribution in [0.4, 0.5) is 11.5 Å². The standard InChI is InChI=1S/C19H18N4O5/c1-12-10-16(22-28-12)21-17(24)11-23(2)19(26)13-5-7-14(8-6-13)20-18(25)15-4-3-9-27-15/h3-10H,11H2,1-2H3,(H,20,25)(H,21,22,24). The highest BCUT2D eigenvalue weighted by molar-refractivity contribution is 6.03. The van der Waals surface area contributed by atoms with Crippen LogP contribution in [0.1, 0.15) is 26.7 Å². The second kappa shape index (κ2) is 8.21. The number of carbonyl (C=O) groups excluding carboxylic acids is 3. The Balaban J connectivity index is 1.55.